The summed E-state index contributed by atoms with van der Waals surface area (Å²) in [5.74, 6) is -0.114. The number of aromatic nitrogens is 1. The van der Waals surface area contributed by atoms with Crippen LogP contribution in [0.2, 0.25) is 0 Å². The lowest BCUT2D eigenvalue weighted by atomic mass is 10.0. The van der Waals surface area contributed by atoms with Crippen LogP contribution in [0.3, 0.4) is 0 Å². The van der Waals surface area contributed by atoms with Gasteiger partial charge < -0.3 is 4.57 Å². The summed E-state index contributed by atoms with van der Waals surface area (Å²) in [6.07, 6.45) is 0.313. The van der Waals surface area contributed by atoms with Crippen molar-refractivity contribution in [3.8, 4) is 0 Å². The zero-order chi connectivity index (χ0) is 18.3. The van der Waals surface area contributed by atoms with E-state index >= 15 is 0 Å². The number of benzene rings is 3. The van der Waals surface area contributed by atoms with E-state index in [0.717, 1.165) is 31.4 Å². The molecule has 0 radical (unpaired) electrons. The van der Waals surface area contributed by atoms with E-state index in [4.69, 9.17) is 0 Å². The first-order valence-corrected chi connectivity index (χ1v) is 9.45. The minimum atomic E-state index is -0.114. The average molecular weight is 360 g/mol. The van der Waals surface area contributed by atoms with Crippen LogP contribution in [0.4, 0.5) is 0 Å². The molecular weight excluding hydrogens is 340 g/mol. The van der Waals surface area contributed by atoms with Crippen molar-refractivity contribution in [3.63, 3.8) is 0 Å². The maximum absolute atomic E-state index is 12.6. The predicted molar refractivity (Wildman–Crippen MR) is 108 cm³/mol. The van der Waals surface area contributed by atoms with Crippen molar-refractivity contribution in [2.75, 3.05) is 0 Å². The molecule has 130 valence electrons. The summed E-state index contributed by atoms with van der Waals surface area (Å²) in [5, 5.41) is 2.27. The first-order chi connectivity index (χ1) is 12.5. The molecule has 3 nitrogen and oxygen atoms in total. The van der Waals surface area contributed by atoms with Gasteiger partial charge in [-0.25, -0.2) is 0 Å². The second-order valence-corrected chi connectivity index (χ2v) is 7.68. The lowest BCUT2D eigenvalue weighted by molar-refractivity contribution is -0.117. The molecule has 1 aromatic heterocycles. The molecule has 1 amide bonds. The standard InChI is InChI=1S/C22H20N2OS/c1-14-11-19-20(12-15(14)2)26-22(24(19)3)23-21(25)13-17-9-6-8-16-7-4-5-10-18(16)17/h4-12H,13H2,1-3H3. The van der Waals surface area contributed by atoms with Gasteiger partial charge in [0, 0.05) is 7.05 Å². The van der Waals surface area contributed by atoms with Crippen molar-refractivity contribution >= 4 is 38.2 Å². The molecule has 0 aliphatic heterocycles. The van der Waals surface area contributed by atoms with Gasteiger partial charge in [-0.3, -0.25) is 4.79 Å². The molecule has 0 atom stereocenters. The predicted octanol–water partition coefficient (Wildman–Crippen LogP) is 4.68. The van der Waals surface area contributed by atoms with E-state index in [9.17, 15) is 4.79 Å². The molecule has 0 aliphatic rings. The first kappa shape index (κ1) is 16.7. The Morgan fingerprint density at radius 2 is 1.77 bits per heavy atom. The van der Waals surface area contributed by atoms with Crippen molar-refractivity contribution in [1.82, 2.24) is 4.57 Å². The number of carbonyl (C=O) groups excluding carboxylic acids is 1. The van der Waals surface area contributed by atoms with Gasteiger partial charge >= 0.3 is 0 Å². The quantitative estimate of drug-likeness (QED) is 0.511. The third kappa shape index (κ3) is 2.97. The number of thiazole rings is 1. The first-order valence-electron chi connectivity index (χ1n) is 8.64. The molecule has 0 N–H and O–H groups in total. The van der Waals surface area contributed by atoms with Gasteiger partial charge in [-0.05, 0) is 53.4 Å². The molecule has 0 spiro atoms. The maximum Gasteiger partial charge on any atom is 0.252 e. The van der Waals surface area contributed by atoms with Gasteiger partial charge in [-0.1, -0.05) is 53.8 Å². The van der Waals surface area contributed by atoms with Crippen LogP contribution < -0.4 is 4.80 Å². The number of carbonyl (C=O) groups is 1. The van der Waals surface area contributed by atoms with Gasteiger partial charge in [0.15, 0.2) is 4.80 Å². The van der Waals surface area contributed by atoms with Crippen molar-refractivity contribution in [3.05, 3.63) is 76.1 Å². The average Bonchev–Trinajstić information content (AvgIpc) is 2.91. The molecule has 3 aromatic carbocycles. The van der Waals surface area contributed by atoms with E-state index in [1.54, 1.807) is 11.3 Å². The summed E-state index contributed by atoms with van der Waals surface area (Å²) < 4.78 is 3.17. The number of fused-ring (bicyclic) bond motifs is 2. The summed E-state index contributed by atoms with van der Waals surface area (Å²) in [6.45, 7) is 4.21. The number of rotatable bonds is 2. The molecule has 0 aliphatic carbocycles. The summed E-state index contributed by atoms with van der Waals surface area (Å²) in [6, 6.07) is 18.5. The fourth-order valence-corrected chi connectivity index (χ4v) is 4.36. The van der Waals surface area contributed by atoms with Crippen molar-refractivity contribution in [1.29, 1.82) is 0 Å². The van der Waals surface area contributed by atoms with E-state index in [1.807, 2.05) is 35.9 Å². The lowest BCUT2D eigenvalue weighted by Gasteiger charge is -2.04. The molecule has 4 rings (SSSR count). The van der Waals surface area contributed by atoms with Crippen LogP contribution in [0.25, 0.3) is 21.0 Å². The lowest BCUT2D eigenvalue weighted by Crippen LogP contribution is -2.14. The number of nitrogens with zero attached hydrogens (tertiary/aromatic N) is 2. The van der Waals surface area contributed by atoms with E-state index in [-0.39, 0.29) is 5.91 Å². The Kier molecular flexibility index (Phi) is 4.21. The van der Waals surface area contributed by atoms with E-state index < -0.39 is 0 Å². The third-order valence-corrected chi connectivity index (χ3v) is 5.96. The second-order valence-electron chi connectivity index (χ2n) is 6.67. The van der Waals surface area contributed by atoms with Gasteiger partial charge in [-0.15, -0.1) is 0 Å². The highest BCUT2D eigenvalue weighted by Gasteiger charge is 2.09. The normalized spacial score (nSPS) is 12.2. The van der Waals surface area contributed by atoms with Crippen molar-refractivity contribution in [2.45, 2.75) is 20.3 Å². The minimum Gasteiger partial charge on any atom is -0.319 e. The molecule has 0 unspecified atom stereocenters. The fraction of sp³-hybridized carbons (Fsp3) is 0.182. The van der Waals surface area contributed by atoms with Crippen LogP contribution in [-0.4, -0.2) is 10.5 Å². The number of aryl methyl sites for hydroxylation is 3. The SMILES string of the molecule is Cc1cc2sc(=NC(=O)Cc3cccc4ccccc34)n(C)c2cc1C. The highest BCUT2D eigenvalue weighted by Crippen LogP contribution is 2.22. The smallest absolute Gasteiger partial charge is 0.252 e. The Balaban J connectivity index is 1.73. The minimum absolute atomic E-state index is 0.114. The molecule has 1 heterocycles. The second kappa shape index (κ2) is 6.54. The van der Waals surface area contributed by atoms with E-state index in [1.165, 1.54) is 11.1 Å². The van der Waals surface area contributed by atoms with Gasteiger partial charge in [0.2, 0.25) is 0 Å². The molecule has 0 bridgehead atoms. The van der Waals surface area contributed by atoms with Crippen LogP contribution in [0, 0.1) is 13.8 Å². The molecule has 0 saturated heterocycles. The molecule has 26 heavy (non-hydrogen) atoms. The third-order valence-electron chi connectivity index (χ3n) is 4.87. The van der Waals surface area contributed by atoms with Crippen LogP contribution in [0.1, 0.15) is 16.7 Å². The molecule has 0 saturated carbocycles. The zero-order valence-corrected chi connectivity index (χ0v) is 15.9. The van der Waals surface area contributed by atoms with E-state index in [2.05, 4.69) is 49.2 Å². The highest BCUT2D eigenvalue weighted by molar-refractivity contribution is 7.16. The zero-order valence-electron chi connectivity index (χ0n) is 15.1. The summed E-state index contributed by atoms with van der Waals surface area (Å²) in [7, 11) is 1.97. The topological polar surface area (TPSA) is 34.4 Å². The van der Waals surface area contributed by atoms with Gasteiger partial charge in [0.05, 0.1) is 16.6 Å². The van der Waals surface area contributed by atoms with Gasteiger partial charge in [-0.2, -0.15) is 4.99 Å². The van der Waals surface area contributed by atoms with Crippen LogP contribution in [0.15, 0.2) is 59.6 Å². The van der Waals surface area contributed by atoms with Crippen LogP contribution in [-0.2, 0) is 18.3 Å². The van der Waals surface area contributed by atoms with Crippen LogP contribution in [0.5, 0.6) is 0 Å². The monoisotopic (exact) mass is 360 g/mol. The molecule has 0 fully saturated rings. The Bertz CT molecular complexity index is 1210. The van der Waals surface area contributed by atoms with Crippen molar-refractivity contribution in [2.24, 2.45) is 12.0 Å². The van der Waals surface area contributed by atoms with Crippen molar-refractivity contribution < 1.29 is 4.79 Å². The summed E-state index contributed by atoms with van der Waals surface area (Å²) in [5.41, 5.74) is 4.65. The largest absolute Gasteiger partial charge is 0.319 e. The Morgan fingerprint density at radius 3 is 2.62 bits per heavy atom. The molecule has 4 aromatic rings. The van der Waals surface area contributed by atoms with Gasteiger partial charge in [0.1, 0.15) is 0 Å². The van der Waals surface area contributed by atoms with Crippen LogP contribution >= 0.6 is 11.3 Å². The summed E-state index contributed by atoms with van der Waals surface area (Å²) >= 11 is 1.56. The van der Waals surface area contributed by atoms with E-state index in [0.29, 0.717) is 6.42 Å². The maximum atomic E-state index is 12.6. The Hall–Kier alpha value is -2.72. The fourth-order valence-electron chi connectivity index (χ4n) is 3.24. The molecular formula is C22H20N2OS. The Labute approximate surface area is 156 Å². The number of hydrogen-bond donors (Lipinski definition) is 0. The number of amides is 1. The van der Waals surface area contributed by atoms with Gasteiger partial charge in [0.25, 0.3) is 5.91 Å². The Morgan fingerprint density at radius 1 is 1.04 bits per heavy atom. The summed E-state index contributed by atoms with van der Waals surface area (Å²) in [4.78, 5) is 17.8. The number of hydrogen-bond acceptors (Lipinski definition) is 2. The highest BCUT2D eigenvalue weighted by atomic mass is 32.1. The molecule has 4 heteroatoms.